The number of amides is 1. The zero-order valence-corrected chi connectivity index (χ0v) is 15.9. The van der Waals surface area contributed by atoms with E-state index in [0.29, 0.717) is 18.3 Å². The molecule has 25 heavy (non-hydrogen) atoms. The van der Waals surface area contributed by atoms with Crippen LogP contribution in [0.3, 0.4) is 0 Å². The third-order valence-electron chi connectivity index (χ3n) is 3.50. The predicted octanol–water partition coefficient (Wildman–Crippen LogP) is 4.08. The molecule has 0 fully saturated rings. The number of thioether (sulfide) groups is 1. The molecule has 0 unspecified atom stereocenters. The number of hydrogen-bond donors (Lipinski definition) is 1. The number of aromatic nitrogens is 2. The van der Waals surface area contributed by atoms with Gasteiger partial charge in [0, 0.05) is 21.5 Å². The van der Waals surface area contributed by atoms with Gasteiger partial charge in [-0.15, -0.1) is 22.0 Å². The van der Waals surface area contributed by atoms with Crippen LogP contribution in [0.15, 0.2) is 62.3 Å². The number of carbonyl (C=O) groups is 1. The minimum atomic E-state index is -0.154. The van der Waals surface area contributed by atoms with Crippen LogP contribution < -0.4 is 5.32 Å². The van der Waals surface area contributed by atoms with Crippen LogP contribution in [0.25, 0.3) is 11.5 Å². The molecule has 0 atom stereocenters. The van der Waals surface area contributed by atoms with E-state index in [1.807, 2.05) is 54.8 Å². The van der Waals surface area contributed by atoms with Crippen LogP contribution in [0.2, 0.25) is 0 Å². The Morgan fingerprint density at radius 3 is 2.72 bits per heavy atom. The number of benzene rings is 2. The zero-order chi connectivity index (χ0) is 17.6. The highest BCUT2D eigenvalue weighted by molar-refractivity contribution is 9.10. The average molecular weight is 418 g/mol. The molecule has 7 heteroatoms. The largest absolute Gasteiger partial charge is 0.420 e. The first-order valence-electron chi connectivity index (χ1n) is 7.62. The van der Waals surface area contributed by atoms with E-state index in [-0.39, 0.29) is 12.3 Å². The average Bonchev–Trinajstić information content (AvgIpc) is 3.09. The topological polar surface area (TPSA) is 68.0 Å². The molecule has 0 aliphatic rings. The second kappa shape index (κ2) is 8.31. The normalized spacial score (nSPS) is 10.6. The van der Waals surface area contributed by atoms with Crippen LogP contribution in [0.5, 0.6) is 0 Å². The number of nitrogens with zero attached hydrogens (tertiary/aromatic N) is 2. The lowest BCUT2D eigenvalue weighted by atomic mass is 10.2. The Bertz CT molecular complexity index is 865. The standard InChI is InChI=1S/C18H16BrN3O2S/c1-25-15-7-5-12(6-8-15)11-20-16(23)10-17-21-22-18(24-17)13-3-2-4-14(19)9-13/h2-9H,10-11H2,1H3,(H,20,23). The molecule has 1 aromatic heterocycles. The Labute approximate surface area is 158 Å². The van der Waals surface area contributed by atoms with Gasteiger partial charge in [0.15, 0.2) is 0 Å². The molecule has 1 amide bonds. The van der Waals surface area contributed by atoms with Crippen molar-refractivity contribution in [1.29, 1.82) is 0 Å². The van der Waals surface area contributed by atoms with Crippen LogP contribution in [0.1, 0.15) is 11.5 Å². The first kappa shape index (κ1) is 17.7. The highest BCUT2D eigenvalue weighted by atomic mass is 79.9. The molecule has 0 radical (unpaired) electrons. The highest BCUT2D eigenvalue weighted by Crippen LogP contribution is 2.21. The number of rotatable bonds is 6. The summed E-state index contributed by atoms with van der Waals surface area (Å²) in [5.74, 6) is 0.542. The van der Waals surface area contributed by atoms with Crippen molar-refractivity contribution in [3.05, 3.63) is 64.5 Å². The van der Waals surface area contributed by atoms with Gasteiger partial charge in [-0.25, -0.2) is 0 Å². The van der Waals surface area contributed by atoms with Crippen LogP contribution >= 0.6 is 27.7 Å². The van der Waals surface area contributed by atoms with Gasteiger partial charge in [-0.3, -0.25) is 4.79 Å². The molecule has 3 rings (SSSR count). The number of halogens is 1. The molecule has 3 aromatic rings. The highest BCUT2D eigenvalue weighted by Gasteiger charge is 2.12. The van der Waals surface area contributed by atoms with Crippen molar-refractivity contribution in [2.24, 2.45) is 0 Å². The molecule has 5 nitrogen and oxygen atoms in total. The first-order valence-corrected chi connectivity index (χ1v) is 9.64. The zero-order valence-electron chi connectivity index (χ0n) is 13.5. The van der Waals surface area contributed by atoms with E-state index in [9.17, 15) is 4.79 Å². The third-order valence-corrected chi connectivity index (χ3v) is 4.74. The summed E-state index contributed by atoms with van der Waals surface area (Å²) in [6.45, 7) is 0.472. The van der Waals surface area contributed by atoms with E-state index in [4.69, 9.17) is 4.42 Å². The quantitative estimate of drug-likeness (QED) is 0.611. The molecule has 0 saturated heterocycles. The Morgan fingerprint density at radius 2 is 2.00 bits per heavy atom. The van der Waals surface area contributed by atoms with Gasteiger partial charge in [0.1, 0.15) is 6.42 Å². The van der Waals surface area contributed by atoms with Gasteiger partial charge < -0.3 is 9.73 Å². The predicted molar refractivity (Wildman–Crippen MR) is 101 cm³/mol. The molecule has 0 aliphatic heterocycles. The van der Waals surface area contributed by atoms with Crippen molar-refractivity contribution in [1.82, 2.24) is 15.5 Å². The fraction of sp³-hybridized carbons (Fsp3) is 0.167. The van der Waals surface area contributed by atoms with Crippen molar-refractivity contribution >= 4 is 33.6 Å². The summed E-state index contributed by atoms with van der Waals surface area (Å²) in [6.07, 6.45) is 2.09. The Hall–Kier alpha value is -2.12. The number of carbonyl (C=O) groups excluding carboxylic acids is 1. The Balaban J connectivity index is 1.56. The molecule has 128 valence electrons. The summed E-state index contributed by atoms with van der Waals surface area (Å²) in [5.41, 5.74) is 1.86. The third kappa shape index (κ3) is 4.93. The van der Waals surface area contributed by atoms with Gasteiger partial charge in [0.2, 0.25) is 17.7 Å². The molecule has 0 saturated carbocycles. The summed E-state index contributed by atoms with van der Waals surface area (Å²) < 4.78 is 6.50. The minimum Gasteiger partial charge on any atom is -0.420 e. The molecule has 1 heterocycles. The summed E-state index contributed by atoms with van der Waals surface area (Å²) >= 11 is 5.09. The van der Waals surface area contributed by atoms with E-state index in [2.05, 4.69) is 31.4 Å². The monoisotopic (exact) mass is 417 g/mol. The Morgan fingerprint density at radius 1 is 1.20 bits per heavy atom. The lowest BCUT2D eigenvalue weighted by Gasteiger charge is -2.04. The summed E-state index contributed by atoms with van der Waals surface area (Å²) in [5, 5.41) is 10.8. The van der Waals surface area contributed by atoms with Gasteiger partial charge in [-0.05, 0) is 42.2 Å². The SMILES string of the molecule is CSc1ccc(CNC(=O)Cc2nnc(-c3cccc(Br)c3)o2)cc1. The first-order chi connectivity index (χ1) is 12.1. The Kier molecular flexibility index (Phi) is 5.88. The van der Waals surface area contributed by atoms with Crippen molar-refractivity contribution in [2.45, 2.75) is 17.9 Å². The summed E-state index contributed by atoms with van der Waals surface area (Å²) in [6, 6.07) is 15.6. The lowest BCUT2D eigenvalue weighted by Crippen LogP contribution is -2.24. The van der Waals surface area contributed by atoms with Crippen molar-refractivity contribution in [2.75, 3.05) is 6.26 Å². The maximum absolute atomic E-state index is 12.1. The summed E-state index contributed by atoms with van der Waals surface area (Å²) in [7, 11) is 0. The van der Waals surface area contributed by atoms with E-state index < -0.39 is 0 Å². The second-order valence-electron chi connectivity index (χ2n) is 5.31. The fourth-order valence-corrected chi connectivity index (χ4v) is 3.01. The van der Waals surface area contributed by atoms with Crippen LogP contribution in [-0.2, 0) is 17.8 Å². The van der Waals surface area contributed by atoms with Crippen molar-refractivity contribution < 1.29 is 9.21 Å². The van der Waals surface area contributed by atoms with Crippen molar-refractivity contribution in [3.8, 4) is 11.5 Å². The van der Waals surface area contributed by atoms with Gasteiger partial charge in [-0.1, -0.05) is 34.1 Å². The number of nitrogens with one attached hydrogen (secondary N) is 1. The van der Waals surface area contributed by atoms with E-state index in [0.717, 1.165) is 15.6 Å². The minimum absolute atomic E-state index is 0.0594. The number of hydrogen-bond acceptors (Lipinski definition) is 5. The smallest absolute Gasteiger partial charge is 0.247 e. The van der Waals surface area contributed by atoms with E-state index >= 15 is 0 Å². The molecular weight excluding hydrogens is 402 g/mol. The van der Waals surface area contributed by atoms with Gasteiger partial charge in [0.05, 0.1) is 0 Å². The molecule has 0 bridgehead atoms. The molecular formula is C18H16BrN3O2S. The molecule has 1 N–H and O–H groups in total. The van der Waals surface area contributed by atoms with Gasteiger partial charge in [0.25, 0.3) is 0 Å². The fourth-order valence-electron chi connectivity index (χ4n) is 2.21. The molecule has 0 aliphatic carbocycles. The maximum atomic E-state index is 12.1. The van der Waals surface area contributed by atoms with Crippen LogP contribution in [0.4, 0.5) is 0 Å². The molecule has 2 aromatic carbocycles. The summed E-state index contributed by atoms with van der Waals surface area (Å²) in [4.78, 5) is 13.3. The van der Waals surface area contributed by atoms with Crippen LogP contribution in [0, 0.1) is 0 Å². The second-order valence-corrected chi connectivity index (χ2v) is 7.11. The molecule has 0 spiro atoms. The van der Waals surface area contributed by atoms with E-state index in [1.165, 1.54) is 4.90 Å². The van der Waals surface area contributed by atoms with E-state index in [1.54, 1.807) is 11.8 Å². The maximum Gasteiger partial charge on any atom is 0.247 e. The van der Waals surface area contributed by atoms with Gasteiger partial charge >= 0.3 is 0 Å². The van der Waals surface area contributed by atoms with Crippen LogP contribution in [-0.4, -0.2) is 22.4 Å². The van der Waals surface area contributed by atoms with Gasteiger partial charge in [-0.2, -0.15) is 0 Å². The van der Waals surface area contributed by atoms with Crippen molar-refractivity contribution in [3.63, 3.8) is 0 Å². The lowest BCUT2D eigenvalue weighted by molar-refractivity contribution is -0.120.